The molecule has 17 heavy (non-hydrogen) atoms. The quantitative estimate of drug-likeness (QED) is 0.496. The molecule has 0 aromatic heterocycles. The minimum atomic E-state index is -0.0976. The van der Waals surface area contributed by atoms with Crippen LogP contribution >= 0.6 is 0 Å². The van der Waals surface area contributed by atoms with Gasteiger partial charge in [-0.3, -0.25) is 14.9 Å². The van der Waals surface area contributed by atoms with Crippen molar-refractivity contribution in [2.75, 3.05) is 0 Å². The summed E-state index contributed by atoms with van der Waals surface area (Å²) in [6.45, 7) is 2.23. The lowest BCUT2D eigenvalue weighted by Gasteiger charge is -2.05. The van der Waals surface area contributed by atoms with Gasteiger partial charge in [0.1, 0.15) is 0 Å². The zero-order valence-corrected chi connectivity index (χ0v) is 11.0. The maximum absolute atomic E-state index is 11.3. The largest absolute Gasteiger partial charge is 0.296 e. The molecule has 3 heteroatoms. The Kier molecular flexibility index (Phi) is 6.90. The number of carbonyl (C=O) groups is 2. The summed E-state index contributed by atoms with van der Waals surface area (Å²) >= 11 is 0. The van der Waals surface area contributed by atoms with Gasteiger partial charge in [0.05, 0.1) is 0 Å². The molecule has 0 spiro atoms. The van der Waals surface area contributed by atoms with Crippen molar-refractivity contribution in [3.63, 3.8) is 0 Å². The van der Waals surface area contributed by atoms with Crippen molar-refractivity contribution in [2.45, 2.75) is 71.1 Å². The van der Waals surface area contributed by atoms with Gasteiger partial charge in [-0.1, -0.05) is 58.3 Å². The molecular formula is C14H25NO2. The number of nitrogens with one attached hydrogen (secondary N) is 1. The molecule has 1 N–H and O–H groups in total. The van der Waals surface area contributed by atoms with E-state index in [4.69, 9.17) is 0 Å². The molecule has 0 aromatic carbocycles. The Balaban J connectivity index is 1.91. The summed E-state index contributed by atoms with van der Waals surface area (Å²) in [6.07, 6.45) is 11.5. The molecule has 0 bridgehead atoms. The van der Waals surface area contributed by atoms with Crippen molar-refractivity contribution in [3.8, 4) is 0 Å². The van der Waals surface area contributed by atoms with Crippen LogP contribution in [-0.2, 0) is 9.59 Å². The fourth-order valence-electron chi connectivity index (χ4n) is 2.36. The van der Waals surface area contributed by atoms with Crippen LogP contribution in [0.4, 0.5) is 0 Å². The van der Waals surface area contributed by atoms with Crippen molar-refractivity contribution >= 4 is 11.8 Å². The average Bonchev–Trinajstić information content (AvgIpc) is 2.61. The van der Waals surface area contributed by atoms with Crippen molar-refractivity contribution < 1.29 is 9.59 Å². The van der Waals surface area contributed by atoms with Gasteiger partial charge in [-0.2, -0.15) is 0 Å². The monoisotopic (exact) mass is 239 g/mol. The second-order valence-corrected chi connectivity index (χ2v) is 5.08. The maximum Gasteiger partial charge on any atom is 0.230 e. The number of amides is 2. The normalized spacial score (nSPS) is 19.7. The van der Waals surface area contributed by atoms with E-state index in [9.17, 15) is 9.59 Å². The minimum absolute atomic E-state index is 0.0393. The third-order valence-corrected chi connectivity index (χ3v) is 3.47. The van der Waals surface area contributed by atoms with Crippen LogP contribution in [0.25, 0.3) is 0 Å². The number of imide groups is 1. The number of rotatable bonds is 9. The lowest BCUT2D eigenvalue weighted by atomic mass is 9.99. The predicted octanol–water partition coefficient (Wildman–Crippen LogP) is 3.18. The number of hydrogen-bond donors (Lipinski definition) is 1. The van der Waals surface area contributed by atoms with E-state index in [0.717, 1.165) is 12.8 Å². The molecule has 0 aliphatic carbocycles. The third kappa shape index (κ3) is 5.85. The van der Waals surface area contributed by atoms with E-state index in [0.29, 0.717) is 6.42 Å². The lowest BCUT2D eigenvalue weighted by Crippen LogP contribution is -2.21. The standard InChI is InChI=1S/C14H25NO2/c1-2-3-4-5-6-7-8-9-10-12-11-13(16)15-14(12)17/h12H,2-11H2,1H3,(H,15,16,17). The Morgan fingerprint density at radius 3 is 2.12 bits per heavy atom. The first kappa shape index (κ1) is 14.2. The second-order valence-electron chi connectivity index (χ2n) is 5.08. The summed E-state index contributed by atoms with van der Waals surface area (Å²) < 4.78 is 0. The van der Waals surface area contributed by atoms with Crippen LogP contribution in [0.15, 0.2) is 0 Å². The Labute approximate surface area is 104 Å². The highest BCUT2D eigenvalue weighted by Crippen LogP contribution is 2.19. The van der Waals surface area contributed by atoms with Gasteiger partial charge >= 0.3 is 0 Å². The van der Waals surface area contributed by atoms with Crippen molar-refractivity contribution in [1.29, 1.82) is 0 Å². The lowest BCUT2D eigenvalue weighted by molar-refractivity contribution is -0.125. The molecule has 1 aliphatic rings. The summed E-state index contributed by atoms with van der Waals surface area (Å²) in [5.74, 6) is -0.194. The van der Waals surface area contributed by atoms with E-state index in [2.05, 4.69) is 12.2 Å². The Morgan fingerprint density at radius 1 is 1.00 bits per heavy atom. The highest BCUT2D eigenvalue weighted by Gasteiger charge is 2.29. The van der Waals surface area contributed by atoms with Gasteiger partial charge in [0, 0.05) is 12.3 Å². The molecule has 1 unspecified atom stereocenters. The van der Waals surface area contributed by atoms with Crippen LogP contribution < -0.4 is 5.32 Å². The fraction of sp³-hybridized carbons (Fsp3) is 0.857. The molecular weight excluding hydrogens is 214 g/mol. The summed E-state index contributed by atoms with van der Waals surface area (Å²) in [6, 6.07) is 0. The van der Waals surface area contributed by atoms with E-state index in [1.165, 1.54) is 44.9 Å². The van der Waals surface area contributed by atoms with E-state index in [1.807, 2.05) is 0 Å². The van der Waals surface area contributed by atoms with Crippen molar-refractivity contribution in [1.82, 2.24) is 5.32 Å². The first-order valence-electron chi connectivity index (χ1n) is 7.07. The fourth-order valence-corrected chi connectivity index (χ4v) is 2.36. The Bertz CT molecular complexity index is 251. The van der Waals surface area contributed by atoms with Crippen LogP contribution in [0.5, 0.6) is 0 Å². The van der Waals surface area contributed by atoms with Crippen LogP contribution in [0.1, 0.15) is 71.1 Å². The topological polar surface area (TPSA) is 46.2 Å². The summed E-state index contributed by atoms with van der Waals surface area (Å²) in [5, 5.41) is 2.36. The molecule has 0 aromatic rings. The van der Waals surface area contributed by atoms with E-state index >= 15 is 0 Å². The maximum atomic E-state index is 11.3. The van der Waals surface area contributed by atoms with Crippen LogP contribution in [0, 0.1) is 5.92 Å². The second kappa shape index (κ2) is 8.26. The molecule has 1 rings (SSSR count). The first-order valence-corrected chi connectivity index (χ1v) is 7.07. The number of hydrogen-bond acceptors (Lipinski definition) is 2. The Hall–Kier alpha value is -0.860. The van der Waals surface area contributed by atoms with E-state index in [1.54, 1.807) is 0 Å². The van der Waals surface area contributed by atoms with Gasteiger partial charge in [-0.05, 0) is 6.42 Å². The summed E-state index contributed by atoms with van der Waals surface area (Å²) in [4.78, 5) is 22.3. The molecule has 1 atom stereocenters. The molecule has 98 valence electrons. The molecule has 3 nitrogen and oxygen atoms in total. The van der Waals surface area contributed by atoms with Crippen molar-refractivity contribution in [2.24, 2.45) is 5.92 Å². The highest BCUT2D eigenvalue weighted by molar-refractivity contribution is 6.03. The summed E-state index contributed by atoms with van der Waals surface area (Å²) in [5.41, 5.74) is 0. The van der Waals surface area contributed by atoms with Gasteiger partial charge in [-0.25, -0.2) is 0 Å². The van der Waals surface area contributed by atoms with Gasteiger partial charge in [-0.15, -0.1) is 0 Å². The average molecular weight is 239 g/mol. The van der Waals surface area contributed by atoms with Gasteiger partial charge in [0.2, 0.25) is 11.8 Å². The zero-order valence-electron chi connectivity index (χ0n) is 11.0. The summed E-state index contributed by atoms with van der Waals surface area (Å²) in [7, 11) is 0. The van der Waals surface area contributed by atoms with Crippen LogP contribution in [-0.4, -0.2) is 11.8 Å². The van der Waals surface area contributed by atoms with Crippen LogP contribution in [0.3, 0.4) is 0 Å². The molecule has 0 radical (unpaired) electrons. The highest BCUT2D eigenvalue weighted by atomic mass is 16.2. The first-order chi connectivity index (χ1) is 8.24. The number of carbonyl (C=O) groups excluding carboxylic acids is 2. The molecule has 0 saturated carbocycles. The molecule has 1 saturated heterocycles. The van der Waals surface area contributed by atoms with Crippen LogP contribution in [0.2, 0.25) is 0 Å². The molecule has 1 fully saturated rings. The predicted molar refractivity (Wildman–Crippen MR) is 68.5 cm³/mol. The molecule has 1 heterocycles. The van der Waals surface area contributed by atoms with E-state index in [-0.39, 0.29) is 17.7 Å². The van der Waals surface area contributed by atoms with Gasteiger partial charge in [0.15, 0.2) is 0 Å². The Morgan fingerprint density at radius 2 is 1.59 bits per heavy atom. The SMILES string of the molecule is CCCCCCCCCCC1CC(=O)NC1=O. The third-order valence-electron chi connectivity index (χ3n) is 3.47. The molecule has 1 aliphatic heterocycles. The van der Waals surface area contributed by atoms with Gasteiger partial charge in [0.25, 0.3) is 0 Å². The molecule has 2 amide bonds. The zero-order chi connectivity index (χ0) is 12.5. The van der Waals surface area contributed by atoms with Crippen molar-refractivity contribution in [3.05, 3.63) is 0 Å². The number of unbranched alkanes of at least 4 members (excludes halogenated alkanes) is 7. The van der Waals surface area contributed by atoms with E-state index < -0.39 is 0 Å². The minimum Gasteiger partial charge on any atom is -0.296 e. The smallest absolute Gasteiger partial charge is 0.230 e. The van der Waals surface area contributed by atoms with Gasteiger partial charge < -0.3 is 0 Å².